The summed E-state index contributed by atoms with van der Waals surface area (Å²) in [6.45, 7) is 7.37. The number of halogens is 1. The van der Waals surface area contributed by atoms with Gasteiger partial charge in [0, 0.05) is 32.7 Å². The van der Waals surface area contributed by atoms with Gasteiger partial charge in [0.25, 0.3) is 0 Å². The molecule has 0 aromatic heterocycles. The van der Waals surface area contributed by atoms with E-state index in [0.29, 0.717) is 32.2 Å². The highest BCUT2D eigenvalue weighted by molar-refractivity contribution is 5.67. The molecule has 1 amide bonds. The first-order valence-electron chi connectivity index (χ1n) is 5.83. The van der Waals surface area contributed by atoms with Crippen molar-refractivity contribution >= 4 is 6.09 Å². The van der Waals surface area contributed by atoms with E-state index < -0.39 is 0 Å². The van der Waals surface area contributed by atoms with Crippen LogP contribution in [-0.4, -0.2) is 61.9 Å². The van der Waals surface area contributed by atoms with E-state index in [0.717, 1.165) is 13.1 Å². The standard InChI is InChI=1S/C11H21FN2O2/c1-10(2)9-16-11(15)14-7-5-13(4-3-12)6-8-14/h10H,3-9H2,1-2H3. The lowest BCUT2D eigenvalue weighted by molar-refractivity contribution is 0.0679. The van der Waals surface area contributed by atoms with Crippen LogP contribution in [0.1, 0.15) is 13.8 Å². The third-order valence-electron chi connectivity index (χ3n) is 2.57. The van der Waals surface area contributed by atoms with Crippen molar-refractivity contribution in [3.05, 3.63) is 0 Å². The Labute approximate surface area is 96.3 Å². The van der Waals surface area contributed by atoms with Gasteiger partial charge in [-0.15, -0.1) is 0 Å². The molecule has 1 saturated heterocycles. The Balaban J connectivity index is 2.22. The molecule has 0 atom stereocenters. The first-order valence-corrected chi connectivity index (χ1v) is 5.83. The smallest absolute Gasteiger partial charge is 0.409 e. The van der Waals surface area contributed by atoms with Gasteiger partial charge < -0.3 is 9.64 Å². The van der Waals surface area contributed by atoms with Crippen molar-refractivity contribution in [1.82, 2.24) is 9.80 Å². The number of carbonyl (C=O) groups excluding carboxylic acids is 1. The highest BCUT2D eigenvalue weighted by Gasteiger charge is 2.21. The fourth-order valence-corrected chi connectivity index (χ4v) is 1.60. The van der Waals surface area contributed by atoms with Crippen molar-refractivity contribution in [3.8, 4) is 0 Å². The van der Waals surface area contributed by atoms with E-state index in [9.17, 15) is 9.18 Å². The molecule has 0 N–H and O–H groups in total. The fourth-order valence-electron chi connectivity index (χ4n) is 1.60. The van der Waals surface area contributed by atoms with Crippen LogP contribution < -0.4 is 0 Å². The Morgan fingerprint density at radius 3 is 2.44 bits per heavy atom. The molecule has 0 unspecified atom stereocenters. The van der Waals surface area contributed by atoms with Crippen LogP contribution in [0, 0.1) is 5.92 Å². The molecule has 5 heteroatoms. The normalized spacial score (nSPS) is 17.9. The zero-order chi connectivity index (χ0) is 12.0. The number of ether oxygens (including phenoxy) is 1. The average molecular weight is 232 g/mol. The Kier molecular flexibility index (Phi) is 5.52. The number of amides is 1. The minimum Gasteiger partial charge on any atom is -0.449 e. The van der Waals surface area contributed by atoms with Crippen molar-refractivity contribution in [2.24, 2.45) is 5.92 Å². The summed E-state index contributed by atoms with van der Waals surface area (Å²) in [6, 6.07) is 0. The van der Waals surface area contributed by atoms with Crippen molar-refractivity contribution in [3.63, 3.8) is 0 Å². The number of alkyl halides is 1. The second-order valence-corrected chi connectivity index (χ2v) is 4.49. The molecule has 4 nitrogen and oxygen atoms in total. The van der Waals surface area contributed by atoms with Crippen LogP contribution in [0.2, 0.25) is 0 Å². The van der Waals surface area contributed by atoms with Gasteiger partial charge >= 0.3 is 6.09 Å². The van der Waals surface area contributed by atoms with E-state index in [1.54, 1.807) is 4.90 Å². The fraction of sp³-hybridized carbons (Fsp3) is 0.909. The van der Waals surface area contributed by atoms with Gasteiger partial charge in [-0.2, -0.15) is 0 Å². The topological polar surface area (TPSA) is 32.8 Å². The number of hydrogen-bond acceptors (Lipinski definition) is 3. The van der Waals surface area contributed by atoms with Gasteiger partial charge in [-0.3, -0.25) is 4.90 Å². The average Bonchev–Trinajstić information content (AvgIpc) is 2.27. The van der Waals surface area contributed by atoms with E-state index in [4.69, 9.17) is 4.74 Å². The maximum absolute atomic E-state index is 12.1. The highest BCUT2D eigenvalue weighted by Crippen LogP contribution is 2.04. The number of piperazine rings is 1. The lowest BCUT2D eigenvalue weighted by atomic mass is 10.2. The van der Waals surface area contributed by atoms with Gasteiger partial charge in [0.1, 0.15) is 6.67 Å². The van der Waals surface area contributed by atoms with Crippen molar-refractivity contribution < 1.29 is 13.9 Å². The molecule has 0 spiro atoms. The van der Waals surface area contributed by atoms with Gasteiger partial charge in [-0.05, 0) is 5.92 Å². The minimum atomic E-state index is -0.322. The summed E-state index contributed by atoms with van der Waals surface area (Å²) in [4.78, 5) is 15.3. The summed E-state index contributed by atoms with van der Waals surface area (Å²) in [6.07, 6.45) is -0.242. The van der Waals surface area contributed by atoms with Gasteiger partial charge in [0.2, 0.25) is 0 Å². The third kappa shape index (κ3) is 4.35. The largest absolute Gasteiger partial charge is 0.449 e. The molecule has 0 saturated carbocycles. The molecule has 1 rings (SSSR count). The van der Waals surface area contributed by atoms with Gasteiger partial charge in [0.05, 0.1) is 6.61 Å². The summed E-state index contributed by atoms with van der Waals surface area (Å²) in [5.41, 5.74) is 0. The first kappa shape index (κ1) is 13.2. The molecule has 94 valence electrons. The second kappa shape index (κ2) is 6.68. The van der Waals surface area contributed by atoms with E-state index >= 15 is 0 Å². The molecular formula is C11H21FN2O2. The zero-order valence-corrected chi connectivity index (χ0v) is 10.1. The summed E-state index contributed by atoms with van der Waals surface area (Å²) < 4.78 is 17.2. The van der Waals surface area contributed by atoms with Crippen LogP contribution in [0.5, 0.6) is 0 Å². The predicted octanol–water partition coefficient (Wildman–Crippen LogP) is 1.37. The molecule has 1 fully saturated rings. The molecule has 0 aromatic rings. The monoisotopic (exact) mass is 232 g/mol. The molecule has 0 radical (unpaired) electrons. The Hall–Kier alpha value is -0.840. The predicted molar refractivity (Wildman–Crippen MR) is 60.2 cm³/mol. The van der Waals surface area contributed by atoms with Crippen LogP contribution >= 0.6 is 0 Å². The maximum atomic E-state index is 12.1. The van der Waals surface area contributed by atoms with Crippen LogP contribution in [-0.2, 0) is 4.74 Å². The quantitative estimate of drug-likeness (QED) is 0.734. The lowest BCUT2D eigenvalue weighted by Crippen LogP contribution is -2.49. The number of hydrogen-bond donors (Lipinski definition) is 0. The number of nitrogens with zero attached hydrogens (tertiary/aromatic N) is 2. The molecule has 0 aromatic carbocycles. The van der Waals surface area contributed by atoms with Gasteiger partial charge in [0.15, 0.2) is 0 Å². The van der Waals surface area contributed by atoms with Crippen LogP contribution in [0.3, 0.4) is 0 Å². The summed E-state index contributed by atoms with van der Waals surface area (Å²) >= 11 is 0. The Morgan fingerprint density at radius 2 is 1.94 bits per heavy atom. The van der Waals surface area contributed by atoms with Crippen molar-refractivity contribution in [1.29, 1.82) is 0 Å². The maximum Gasteiger partial charge on any atom is 0.409 e. The van der Waals surface area contributed by atoms with Crippen LogP contribution in [0.4, 0.5) is 9.18 Å². The van der Waals surface area contributed by atoms with E-state index in [1.165, 1.54) is 0 Å². The van der Waals surface area contributed by atoms with E-state index in [2.05, 4.69) is 0 Å². The minimum absolute atomic E-state index is 0.242. The number of rotatable bonds is 4. The molecule has 0 bridgehead atoms. The Bertz CT molecular complexity index is 216. The van der Waals surface area contributed by atoms with Crippen LogP contribution in [0.15, 0.2) is 0 Å². The summed E-state index contributed by atoms with van der Waals surface area (Å²) in [5, 5.41) is 0. The van der Waals surface area contributed by atoms with E-state index in [-0.39, 0.29) is 12.8 Å². The number of carbonyl (C=O) groups is 1. The van der Waals surface area contributed by atoms with Crippen molar-refractivity contribution in [2.45, 2.75) is 13.8 Å². The molecule has 0 aliphatic carbocycles. The van der Waals surface area contributed by atoms with Gasteiger partial charge in [-0.1, -0.05) is 13.8 Å². The molecular weight excluding hydrogens is 211 g/mol. The van der Waals surface area contributed by atoms with E-state index in [1.807, 2.05) is 18.7 Å². The first-order chi connectivity index (χ1) is 7.63. The molecule has 1 aliphatic rings. The molecule has 16 heavy (non-hydrogen) atoms. The summed E-state index contributed by atoms with van der Waals surface area (Å²) in [7, 11) is 0. The SMILES string of the molecule is CC(C)COC(=O)N1CCN(CCF)CC1. The molecule has 1 heterocycles. The van der Waals surface area contributed by atoms with Gasteiger partial charge in [-0.25, -0.2) is 9.18 Å². The van der Waals surface area contributed by atoms with Crippen molar-refractivity contribution in [2.75, 3.05) is 46.0 Å². The second-order valence-electron chi connectivity index (χ2n) is 4.49. The third-order valence-corrected chi connectivity index (χ3v) is 2.57. The summed E-state index contributed by atoms with van der Waals surface area (Å²) in [5.74, 6) is 0.358. The van der Waals surface area contributed by atoms with Crippen LogP contribution in [0.25, 0.3) is 0 Å². The lowest BCUT2D eigenvalue weighted by Gasteiger charge is -2.33. The zero-order valence-electron chi connectivity index (χ0n) is 10.1. The Morgan fingerprint density at radius 1 is 1.31 bits per heavy atom. The molecule has 1 aliphatic heterocycles. The highest BCUT2D eigenvalue weighted by atomic mass is 19.1.